The number of esters is 3. The first-order valence-corrected chi connectivity index (χ1v) is 16.7. The quantitative estimate of drug-likeness (QED) is 0.100. The van der Waals surface area contributed by atoms with Gasteiger partial charge in [0, 0.05) is 46.6 Å². The van der Waals surface area contributed by atoms with Crippen LogP contribution in [-0.4, -0.2) is 114 Å². The molecule has 3 rings (SSSR count). The van der Waals surface area contributed by atoms with E-state index in [1.807, 2.05) is 0 Å². The molecule has 3 saturated heterocycles. The van der Waals surface area contributed by atoms with Gasteiger partial charge < -0.3 is 52.2 Å². The molecule has 15 nitrogen and oxygen atoms in total. The van der Waals surface area contributed by atoms with Crippen molar-refractivity contribution in [1.29, 1.82) is 5.41 Å². The Kier molecular flexibility index (Phi) is 15.1. The maximum atomic E-state index is 12.4. The molecule has 12 atom stereocenters. The summed E-state index contributed by atoms with van der Waals surface area (Å²) in [7, 11) is 1.51. The topological polar surface area (TPSA) is 184 Å². The molecule has 1 N–H and O–H groups in total. The first kappa shape index (κ1) is 40.6. The number of carbonyl (C=O) groups excluding carboxylic acids is 4. The molecule has 0 aliphatic carbocycles. The summed E-state index contributed by atoms with van der Waals surface area (Å²) in [6.45, 7) is 8.97. The highest BCUT2D eigenvalue weighted by Crippen LogP contribution is 2.35. The zero-order valence-corrected chi connectivity index (χ0v) is 30.1. The number of nitrogens with one attached hydrogen (secondary N) is 1. The second-order valence-corrected chi connectivity index (χ2v) is 14.2. The van der Waals surface area contributed by atoms with E-state index in [1.54, 1.807) is 20.8 Å². The van der Waals surface area contributed by atoms with Crippen LogP contribution in [0, 0.1) is 5.41 Å². The van der Waals surface area contributed by atoms with E-state index in [2.05, 4.69) is 0 Å². The lowest BCUT2D eigenvalue weighted by Crippen LogP contribution is -2.57. The summed E-state index contributed by atoms with van der Waals surface area (Å²) in [5.41, 5.74) is 0. The zero-order chi connectivity index (χ0) is 35.9. The molecule has 274 valence electrons. The Morgan fingerprint density at radius 1 is 0.667 bits per heavy atom. The number of ketones is 1. The first-order valence-electron chi connectivity index (χ1n) is 15.5. The first-order chi connectivity index (χ1) is 22.4. The smallest absolute Gasteiger partial charge is 0.306 e. The SMILES string of the molecule is CO[C@H]1C[C@H](O[C@H]2[C@@H](OC(C)=O)CC(OC(=N)C(Cl)(Cl)Cl)O[C@@H]2C)O[C@@H](C)[C@@H]1O[C@H]1C[C@H](OC(C)=O)[C@H](OC(=O)CCC(C)=O)[C@@H](C)O1. The molecule has 0 radical (unpaired) electrons. The molecule has 0 aromatic carbocycles. The number of halogens is 3. The summed E-state index contributed by atoms with van der Waals surface area (Å²) < 4.78 is 56.2. The van der Waals surface area contributed by atoms with Crippen molar-refractivity contribution in [3.05, 3.63) is 0 Å². The number of rotatable bonds is 12. The van der Waals surface area contributed by atoms with Crippen LogP contribution in [0.1, 0.15) is 73.6 Å². The number of carbonyl (C=O) groups is 4. The Balaban J connectivity index is 1.65. The third-order valence-corrected chi connectivity index (χ3v) is 8.39. The monoisotopic (exact) mass is 747 g/mol. The van der Waals surface area contributed by atoms with Crippen molar-refractivity contribution in [1.82, 2.24) is 0 Å². The van der Waals surface area contributed by atoms with Gasteiger partial charge in [0.1, 0.15) is 30.2 Å². The van der Waals surface area contributed by atoms with E-state index in [1.165, 1.54) is 27.9 Å². The van der Waals surface area contributed by atoms with Crippen LogP contribution in [0.4, 0.5) is 0 Å². The Morgan fingerprint density at radius 2 is 1.10 bits per heavy atom. The fraction of sp³-hybridized carbons (Fsp3) is 0.833. The van der Waals surface area contributed by atoms with Crippen LogP contribution in [0.3, 0.4) is 0 Å². The predicted molar refractivity (Wildman–Crippen MR) is 167 cm³/mol. The van der Waals surface area contributed by atoms with Gasteiger partial charge in [-0.3, -0.25) is 19.8 Å². The summed E-state index contributed by atoms with van der Waals surface area (Å²) in [6, 6.07) is 0. The van der Waals surface area contributed by atoms with Crippen LogP contribution >= 0.6 is 34.8 Å². The van der Waals surface area contributed by atoms with E-state index in [-0.39, 0.29) is 37.9 Å². The molecule has 3 fully saturated rings. The number of hydrogen-bond acceptors (Lipinski definition) is 15. The standard InChI is InChI=1S/C30H44Cl3NO14/c1-13(35)8-9-22(38)45-27-15(3)41-24(11-20(27)43-17(5)36)46-26-14(2)40-23(10-19(26)39-7)47-28-16(4)42-25(12-21(28)44-18(6)37)48-29(34)30(31,32)33/h14-16,19-21,23-28,34H,8-12H2,1-7H3/t14-,15+,16+,19-,20-,21-,23-,24-,25?,26-,27+,28+/m0/s1. The minimum absolute atomic E-state index is 0.0207. The highest BCUT2D eigenvalue weighted by Gasteiger charge is 2.48. The van der Waals surface area contributed by atoms with Gasteiger partial charge in [0.05, 0.1) is 30.8 Å². The molecule has 0 aromatic rings. The summed E-state index contributed by atoms with van der Waals surface area (Å²) >= 11 is 17.2. The van der Waals surface area contributed by atoms with Crippen LogP contribution < -0.4 is 0 Å². The molecule has 0 amide bonds. The maximum absolute atomic E-state index is 12.4. The average molecular weight is 749 g/mol. The zero-order valence-electron chi connectivity index (χ0n) is 27.8. The maximum Gasteiger partial charge on any atom is 0.306 e. The Bertz CT molecular complexity index is 1150. The molecule has 0 aromatic heterocycles. The average Bonchev–Trinajstić information content (AvgIpc) is 2.95. The van der Waals surface area contributed by atoms with Crippen molar-refractivity contribution < 1.29 is 66.5 Å². The van der Waals surface area contributed by atoms with Crippen LogP contribution in [0.5, 0.6) is 0 Å². The van der Waals surface area contributed by atoms with E-state index in [0.29, 0.717) is 0 Å². The highest BCUT2D eigenvalue weighted by molar-refractivity contribution is 6.76. The van der Waals surface area contributed by atoms with E-state index in [0.717, 1.165) is 0 Å². The lowest BCUT2D eigenvalue weighted by molar-refractivity contribution is -0.333. The van der Waals surface area contributed by atoms with Crippen molar-refractivity contribution in [2.75, 3.05) is 7.11 Å². The summed E-state index contributed by atoms with van der Waals surface area (Å²) in [4.78, 5) is 47.5. The molecule has 18 heteroatoms. The molecule has 0 saturated carbocycles. The predicted octanol–water partition coefficient (Wildman–Crippen LogP) is 3.68. The highest BCUT2D eigenvalue weighted by atomic mass is 35.6. The van der Waals surface area contributed by atoms with Gasteiger partial charge in [0.15, 0.2) is 18.7 Å². The molecular weight excluding hydrogens is 705 g/mol. The largest absolute Gasteiger partial charge is 0.459 e. The van der Waals surface area contributed by atoms with E-state index in [9.17, 15) is 19.2 Å². The molecule has 0 bridgehead atoms. The summed E-state index contributed by atoms with van der Waals surface area (Å²) in [5.74, 6) is -2.56. The van der Waals surface area contributed by atoms with Gasteiger partial charge >= 0.3 is 17.9 Å². The number of hydrogen-bond donors (Lipinski definition) is 1. The number of Topliss-reactive ketones (excluding diaryl/α,β-unsaturated/α-hetero) is 1. The Hall–Kier alpha value is -1.82. The minimum atomic E-state index is -2.11. The third kappa shape index (κ3) is 11.9. The van der Waals surface area contributed by atoms with Crippen molar-refractivity contribution >= 4 is 64.4 Å². The molecular formula is C30H44Cl3NO14. The summed E-state index contributed by atoms with van der Waals surface area (Å²) in [5, 5.41) is 7.86. The molecule has 0 spiro atoms. The molecule has 3 heterocycles. The van der Waals surface area contributed by atoms with Crippen LogP contribution in [0.2, 0.25) is 0 Å². The van der Waals surface area contributed by atoms with E-state index >= 15 is 0 Å². The van der Waals surface area contributed by atoms with Crippen molar-refractivity contribution in [2.45, 2.75) is 151 Å². The lowest BCUT2D eigenvalue weighted by atomic mass is 9.99. The number of ether oxygens (including phenoxy) is 10. The van der Waals surface area contributed by atoms with Gasteiger partial charge in [-0.1, -0.05) is 34.8 Å². The number of methoxy groups -OCH3 is 1. The van der Waals surface area contributed by atoms with Gasteiger partial charge in [-0.15, -0.1) is 0 Å². The van der Waals surface area contributed by atoms with Gasteiger partial charge in [0.2, 0.25) is 12.2 Å². The van der Waals surface area contributed by atoms with Crippen LogP contribution in [0.25, 0.3) is 0 Å². The van der Waals surface area contributed by atoms with Crippen molar-refractivity contribution in [2.24, 2.45) is 0 Å². The minimum Gasteiger partial charge on any atom is -0.459 e. The molecule has 1 unspecified atom stereocenters. The molecule has 3 aliphatic rings. The van der Waals surface area contributed by atoms with Gasteiger partial charge in [0.25, 0.3) is 3.79 Å². The fourth-order valence-electron chi connectivity index (χ4n) is 5.74. The van der Waals surface area contributed by atoms with E-state index < -0.39 is 101 Å². The number of alkyl halides is 3. The Labute approximate surface area is 294 Å². The second-order valence-electron chi connectivity index (χ2n) is 11.9. The van der Waals surface area contributed by atoms with Crippen molar-refractivity contribution in [3.8, 4) is 0 Å². The Morgan fingerprint density at radius 3 is 1.58 bits per heavy atom. The van der Waals surface area contributed by atoms with Crippen LogP contribution in [-0.2, 0) is 66.5 Å². The lowest BCUT2D eigenvalue weighted by Gasteiger charge is -2.46. The fourth-order valence-corrected chi connectivity index (χ4v) is 5.87. The van der Waals surface area contributed by atoms with E-state index in [4.69, 9.17) is 87.6 Å². The third-order valence-electron chi connectivity index (χ3n) is 7.87. The van der Waals surface area contributed by atoms with Gasteiger partial charge in [-0.05, 0) is 27.7 Å². The molecule has 3 aliphatic heterocycles. The molecule has 48 heavy (non-hydrogen) atoms. The van der Waals surface area contributed by atoms with Crippen LogP contribution in [0.15, 0.2) is 0 Å². The normalized spacial score (nSPS) is 35.6. The van der Waals surface area contributed by atoms with Gasteiger partial charge in [-0.25, -0.2) is 0 Å². The second kappa shape index (κ2) is 17.9. The van der Waals surface area contributed by atoms with Crippen molar-refractivity contribution in [3.63, 3.8) is 0 Å². The summed E-state index contributed by atoms with van der Waals surface area (Å²) in [6.07, 6.45) is -9.30. The van der Waals surface area contributed by atoms with Gasteiger partial charge in [-0.2, -0.15) is 0 Å².